The molecule has 0 aliphatic carbocycles. The summed E-state index contributed by atoms with van der Waals surface area (Å²) in [5.74, 6) is -2.52. The number of aryl methyl sites for hydroxylation is 1. The third-order valence-electron chi connectivity index (χ3n) is 4.19. The minimum absolute atomic E-state index is 0.126. The van der Waals surface area contributed by atoms with Crippen LogP contribution in [0.25, 0.3) is 0 Å². The van der Waals surface area contributed by atoms with Crippen LogP contribution in [-0.4, -0.2) is 41.7 Å². The van der Waals surface area contributed by atoms with Crippen molar-refractivity contribution >= 4 is 34.0 Å². The first-order chi connectivity index (χ1) is 14.5. The number of ketones is 1. The molecule has 2 aromatic rings. The van der Waals surface area contributed by atoms with E-state index in [9.17, 15) is 27.6 Å². The lowest BCUT2D eigenvalue weighted by atomic mass is 10.0. The number of hydrogen-bond donors (Lipinski definition) is 3. The topological polar surface area (TPSA) is 105 Å². The van der Waals surface area contributed by atoms with Crippen LogP contribution in [0.5, 0.6) is 5.75 Å². The van der Waals surface area contributed by atoms with Gasteiger partial charge in [-0.15, -0.1) is 24.5 Å². The van der Waals surface area contributed by atoms with E-state index in [4.69, 9.17) is 5.11 Å². The molecule has 2 rings (SSSR count). The molecule has 0 radical (unpaired) electrons. The summed E-state index contributed by atoms with van der Waals surface area (Å²) in [6, 6.07) is 5.34. The van der Waals surface area contributed by atoms with Crippen LogP contribution < -0.4 is 15.4 Å². The number of carbonyl (C=O) groups excluding carboxylic acids is 2. The summed E-state index contributed by atoms with van der Waals surface area (Å²) in [4.78, 5) is 37.0. The van der Waals surface area contributed by atoms with E-state index in [1.807, 2.05) is 6.92 Å². The van der Waals surface area contributed by atoms with Crippen molar-refractivity contribution in [1.29, 1.82) is 0 Å². The van der Waals surface area contributed by atoms with Crippen molar-refractivity contribution in [1.82, 2.24) is 5.32 Å². The third kappa shape index (κ3) is 7.07. The van der Waals surface area contributed by atoms with Gasteiger partial charge >= 0.3 is 12.3 Å². The van der Waals surface area contributed by atoms with Crippen LogP contribution in [0.4, 0.5) is 18.2 Å². The number of anilines is 1. The van der Waals surface area contributed by atoms with Gasteiger partial charge < -0.3 is 15.2 Å². The molecule has 0 aliphatic rings. The molecule has 0 bridgehead atoms. The van der Waals surface area contributed by atoms with Crippen LogP contribution in [0.2, 0.25) is 0 Å². The summed E-state index contributed by atoms with van der Waals surface area (Å²) in [5.41, 5.74) is 0.328. The Morgan fingerprint density at radius 2 is 1.81 bits per heavy atom. The van der Waals surface area contributed by atoms with Crippen molar-refractivity contribution in [2.75, 3.05) is 11.9 Å². The van der Waals surface area contributed by atoms with E-state index in [0.717, 1.165) is 17.0 Å². The van der Waals surface area contributed by atoms with Crippen LogP contribution >= 0.6 is 11.3 Å². The number of nitrogens with one attached hydrogen (secondary N) is 2. The Kier molecular flexibility index (Phi) is 8.17. The normalized spacial score (nSPS) is 12.3. The Morgan fingerprint density at radius 3 is 2.32 bits per heavy atom. The van der Waals surface area contributed by atoms with Gasteiger partial charge in [0.1, 0.15) is 10.8 Å². The van der Waals surface area contributed by atoms with Gasteiger partial charge in [-0.3, -0.25) is 19.7 Å². The monoisotopic (exact) mass is 458 g/mol. The van der Waals surface area contributed by atoms with Crippen LogP contribution in [0.1, 0.15) is 41.1 Å². The molecule has 3 N–H and O–H groups in total. The van der Waals surface area contributed by atoms with Gasteiger partial charge in [0, 0.05) is 10.4 Å². The highest BCUT2D eigenvalue weighted by molar-refractivity contribution is 7.16. The molecule has 0 spiro atoms. The van der Waals surface area contributed by atoms with Crippen molar-refractivity contribution in [2.45, 2.75) is 39.1 Å². The number of amides is 1. The van der Waals surface area contributed by atoms with Crippen molar-refractivity contribution in [3.05, 3.63) is 46.3 Å². The van der Waals surface area contributed by atoms with Crippen LogP contribution in [0.3, 0.4) is 0 Å². The number of rotatable bonds is 10. The molecule has 1 aromatic heterocycles. The number of carboxylic acid groups (broad SMARTS) is 1. The second-order valence-corrected chi connectivity index (χ2v) is 7.57. The van der Waals surface area contributed by atoms with E-state index < -0.39 is 42.4 Å². The standard InChI is InChI=1S/C20H21F3N2O5S/c1-3-13-9-14(17(28)11-5-7-12(8-6-11)30-20(21,22)23)19(31-13)25-18(29)15(4-2)24-10-16(26)27/h5-9,15,24H,3-4,10H2,1-2H3,(H,25,29)(H,26,27). The van der Waals surface area contributed by atoms with E-state index in [-0.39, 0.29) is 16.1 Å². The molecule has 1 heterocycles. The first kappa shape index (κ1) is 24.4. The second-order valence-electron chi connectivity index (χ2n) is 6.44. The van der Waals surface area contributed by atoms with Crippen molar-refractivity contribution in [3.8, 4) is 5.75 Å². The van der Waals surface area contributed by atoms with Gasteiger partial charge in [-0.05, 0) is 43.2 Å². The number of halogens is 3. The second kappa shape index (κ2) is 10.4. The van der Waals surface area contributed by atoms with Crippen LogP contribution in [0.15, 0.2) is 30.3 Å². The Labute approximate surface area is 180 Å². The maximum atomic E-state index is 12.9. The van der Waals surface area contributed by atoms with Crippen molar-refractivity contribution in [3.63, 3.8) is 0 Å². The van der Waals surface area contributed by atoms with Gasteiger partial charge in [0.2, 0.25) is 5.91 Å². The van der Waals surface area contributed by atoms with Crippen molar-refractivity contribution < 1.29 is 37.4 Å². The maximum absolute atomic E-state index is 12.9. The number of carboxylic acids is 1. The zero-order valence-corrected chi connectivity index (χ0v) is 17.5. The fourth-order valence-corrected chi connectivity index (χ4v) is 3.67. The lowest BCUT2D eigenvalue weighted by molar-refractivity contribution is -0.274. The molecule has 1 unspecified atom stereocenters. The van der Waals surface area contributed by atoms with E-state index in [0.29, 0.717) is 12.8 Å². The highest BCUT2D eigenvalue weighted by Crippen LogP contribution is 2.31. The minimum Gasteiger partial charge on any atom is -0.480 e. The van der Waals surface area contributed by atoms with Crippen LogP contribution in [-0.2, 0) is 16.0 Å². The fraction of sp³-hybridized carbons (Fsp3) is 0.350. The van der Waals surface area contributed by atoms with Gasteiger partial charge in [0.15, 0.2) is 5.78 Å². The zero-order valence-electron chi connectivity index (χ0n) is 16.7. The number of alkyl halides is 3. The molecule has 0 aliphatic heterocycles. The Hall–Kier alpha value is -2.92. The van der Waals surface area contributed by atoms with E-state index in [2.05, 4.69) is 15.4 Å². The van der Waals surface area contributed by atoms with Gasteiger partial charge in [0.25, 0.3) is 0 Å². The van der Waals surface area contributed by atoms with Gasteiger partial charge in [0.05, 0.1) is 18.2 Å². The highest BCUT2D eigenvalue weighted by Gasteiger charge is 2.31. The third-order valence-corrected chi connectivity index (χ3v) is 5.38. The van der Waals surface area contributed by atoms with Crippen molar-refractivity contribution in [2.24, 2.45) is 0 Å². The fourth-order valence-electron chi connectivity index (χ4n) is 2.67. The van der Waals surface area contributed by atoms with Gasteiger partial charge in [-0.2, -0.15) is 0 Å². The van der Waals surface area contributed by atoms with Gasteiger partial charge in [-0.1, -0.05) is 13.8 Å². The van der Waals surface area contributed by atoms with E-state index in [1.54, 1.807) is 13.0 Å². The van der Waals surface area contributed by atoms with E-state index >= 15 is 0 Å². The first-order valence-corrected chi connectivity index (χ1v) is 10.1. The molecule has 0 saturated carbocycles. The molecule has 0 fully saturated rings. The average molecular weight is 458 g/mol. The highest BCUT2D eigenvalue weighted by atomic mass is 32.1. The Bertz CT molecular complexity index is 941. The van der Waals surface area contributed by atoms with Gasteiger partial charge in [-0.25, -0.2) is 0 Å². The zero-order chi connectivity index (χ0) is 23.2. The molecule has 1 aromatic carbocycles. The molecule has 1 amide bonds. The number of aliphatic carboxylic acids is 1. The number of carbonyl (C=O) groups is 3. The molecule has 11 heteroatoms. The average Bonchev–Trinajstić information content (AvgIpc) is 3.10. The predicted molar refractivity (Wildman–Crippen MR) is 109 cm³/mol. The number of thiophene rings is 1. The predicted octanol–water partition coefficient (Wildman–Crippen LogP) is 3.83. The lowest BCUT2D eigenvalue weighted by Gasteiger charge is -2.15. The molecule has 0 saturated heterocycles. The SMILES string of the molecule is CCc1cc(C(=O)c2ccc(OC(F)(F)F)cc2)c(NC(=O)C(CC)NCC(=O)O)s1. The summed E-state index contributed by atoms with van der Waals surface area (Å²) < 4.78 is 40.7. The summed E-state index contributed by atoms with van der Waals surface area (Å²) >= 11 is 1.20. The summed E-state index contributed by atoms with van der Waals surface area (Å²) in [7, 11) is 0. The van der Waals surface area contributed by atoms with Crippen LogP contribution in [0, 0.1) is 0 Å². The summed E-state index contributed by atoms with van der Waals surface area (Å²) in [5, 5.41) is 14.4. The largest absolute Gasteiger partial charge is 0.573 e. The lowest BCUT2D eigenvalue weighted by Crippen LogP contribution is -2.42. The quantitative estimate of drug-likeness (QED) is 0.468. The number of benzene rings is 1. The molecular formula is C20H21F3N2O5S. The molecule has 7 nitrogen and oxygen atoms in total. The minimum atomic E-state index is -4.84. The Balaban J connectivity index is 2.23. The molecular weight excluding hydrogens is 437 g/mol. The molecule has 31 heavy (non-hydrogen) atoms. The summed E-state index contributed by atoms with van der Waals surface area (Å²) in [6.45, 7) is 3.19. The first-order valence-electron chi connectivity index (χ1n) is 9.33. The molecule has 168 valence electrons. The number of ether oxygens (including phenoxy) is 1. The maximum Gasteiger partial charge on any atom is 0.573 e. The smallest absolute Gasteiger partial charge is 0.480 e. The van der Waals surface area contributed by atoms with E-state index in [1.165, 1.54) is 23.5 Å². The number of hydrogen-bond acceptors (Lipinski definition) is 6. The summed E-state index contributed by atoms with van der Waals surface area (Å²) in [6.07, 6.45) is -3.90. The Morgan fingerprint density at radius 1 is 1.16 bits per heavy atom. The molecule has 1 atom stereocenters.